The van der Waals surface area contributed by atoms with Crippen molar-refractivity contribution >= 4 is 17.1 Å². The Hall–Kier alpha value is -1.61. The van der Waals surface area contributed by atoms with E-state index in [4.69, 9.17) is 4.74 Å². The number of carbonyl (C=O) groups excluding carboxylic acids is 1. The normalized spacial score (nSPS) is 14.0. The summed E-state index contributed by atoms with van der Waals surface area (Å²) in [6, 6.07) is 9.60. The lowest BCUT2D eigenvalue weighted by Gasteiger charge is -2.10. The SMILES string of the molecule is CC(C)Oc1cccc(C(=O)c2cc3c(s2)CCCC3)c1. The molecule has 3 rings (SSSR count). The number of hydrogen-bond acceptors (Lipinski definition) is 3. The number of hydrogen-bond donors (Lipinski definition) is 0. The molecule has 0 bridgehead atoms. The molecular weight excluding hydrogens is 280 g/mol. The quantitative estimate of drug-likeness (QED) is 0.769. The Morgan fingerprint density at radius 3 is 2.76 bits per heavy atom. The van der Waals surface area contributed by atoms with Gasteiger partial charge in [0.2, 0.25) is 5.78 Å². The van der Waals surface area contributed by atoms with Gasteiger partial charge in [0.15, 0.2) is 0 Å². The van der Waals surface area contributed by atoms with Crippen LogP contribution >= 0.6 is 11.3 Å². The van der Waals surface area contributed by atoms with Gasteiger partial charge in [-0.05, 0) is 63.3 Å². The third kappa shape index (κ3) is 3.18. The highest BCUT2D eigenvalue weighted by Crippen LogP contribution is 2.31. The third-order valence-corrected chi connectivity index (χ3v) is 4.92. The van der Waals surface area contributed by atoms with Crippen LogP contribution in [0.3, 0.4) is 0 Å². The average Bonchev–Trinajstić information content (AvgIpc) is 2.90. The van der Waals surface area contributed by atoms with Crippen LogP contribution in [0.2, 0.25) is 0 Å². The second kappa shape index (κ2) is 6.02. The van der Waals surface area contributed by atoms with Crippen molar-refractivity contribution in [2.45, 2.75) is 45.6 Å². The van der Waals surface area contributed by atoms with E-state index in [9.17, 15) is 4.79 Å². The molecule has 0 fully saturated rings. The summed E-state index contributed by atoms with van der Waals surface area (Å²) in [4.78, 5) is 14.9. The zero-order valence-electron chi connectivity index (χ0n) is 12.5. The molecule has 1 aliphatic rings. The van der Waals surface area contributed by atoms with Crippen molar-refractivity contribution in [3.8, 4) is 5.75 Å². The van der Waals surface area contributed by atoms with Crippen LogP contribution in [0.4, 0.5) is 0 Å². The summed E-state index contributed by atoms with van der Waals surface area (Å²) in [5.41, 5.74) is 2.09. The molecule has 3 heteroatoms. The first-order chi connectivity index (χ1) is 10.1. The lowest BCUT2D eigenvalue weighted by Crippen LogP contribution is -2.06. The molecular formula is C18H20O2S. The van der Waals surface area contributed by atoms with Crippen LogP contribution in [-0.4, -0.2) is 11.9 Å². The maximum Gasteiger partial charge on any atom is 0.203 e. The fraction of sp³-hybridized carbons (Fsp3) is 0.389. The van der Waals surface area contributed by atoms with Crippen LogP contribution < -0.4 is 4.74 Å². The van der Waals surface area contributed by atoms with E-state index < -0.39 is 0 Å². The number of rotatable bonds is 4. The lowest BCUT2D eigenvalue weighted by molar-refractivity contribution is 0.104. The highest BCUT2D eigenvalue weighted by atomic mass is 32.1. The third-order valence-electron chi connectivity index (χ3n) is 3.69. The van der Waals surface area contributed by atoms with E-state index >= 15 is 0 Å². The van der Waals surface area contributed by atoms with Gasteiger partial charge < -0.3 is 4.74 Å². The zero-order valence-corrected chi connectivity index (χ0v) is 13.3. The Balaban J connectivity index is 1.86. The fourth-order valence-electron chi connectivity index (χ4n) is 2.73. The summed E-state index contributed by atoms with van der Waals surface area (Å²) in [7, 11) is 0. The number of thiophene rings is 1. The predicted octanol–water partition coefficient (Wildman–Crippen LogP) is 4.65. The maximum atomic E-state index is 12.7. The number of aryl methyl sites for hydroxylation is 2. The highest BCUT2D eigenvalue weighted by Gasteiger charge is 2.18. The summed E-state index contributed by atoms with van der Waals surface area (Å²) in [6.45, 7) is 3.98. The van der Waals surface area contributed by atoms with Crippen LogP contribution in [0.1, 0.15) is 52.4 Å². The molecule has 2 nitrogen and oxygen atoms in total. The van der Waals surface area contributed by atoms with Crippen molar-refractivity contribution < 1.29 is 9.53 Å². The number of carbonyl (C=O) groups is 1. The van der Waals surface area contributed by atoms with Crippen LogP contribution in [0.15, 0.2) is 30.3 Å². The van der Waals surface area contributed by atoms with Crippen molar-refractivity contribution in [3.05, 3.63) is 51.2 Å². The molecule has 1 aromatic carbocycles. The van der Waals surface area contributed by atoms with Gasteiger partial charge in [-0.2, -0.15) is 0 Å². The minimum atomic E-state index is 0.114. The molecule has 0 aliphatic heterocycles. The Morgan fingerprint density at radius 2 is 2.00 bits per heavy atom. The Kier molecular flexibility index (Phi) is 4.11. The molecule has 110 valence electrons. The number of fused-ring (bicyclic) bond motifs is 1. The molecule has 0 spiro atoms. The summed E-state index contributed by atoms with van der Waals surface area (Å²) in [6.07, 6.45) is 4.86. The summed E-state index contributed by atoms with van der Waals surface area (Å²) >= 11 is 1.67. The minimum Gasteiger partial charge on any atom is -0.491 e. The molecule has 0 unspecified atom stereocenters. The van der Waals surface area contributed by atoms with Crippen LogP contribution in [0.5, 0.6) is 5.75 Å². The van der Waals surface area contributed by atoms with E-state index in [1.807, 2.05) is 38.1 Å². The van der Waals surface area contributed by atoms with Gasteiger partial charge in [0.1, 0.15) is 5.75 Å². The van der Waals surface area contributed by atoms with Crippen molar-refractivity contribution in [2.75, 3.05) is 0 Å². The topological polar surface area (TPSA) is 26.3 Å². The summed E-state index contributed by atoms with van der Waals surface area (Å²) in [5.74, 6) is 0.876. The van der Waals surface area contributed by atoms with Crippen molar-refractivity contribution in [2.24, 2.45) is 0 Å². The molecule has 0 saturated heterocycles. The molecule has 0 radical (unpaired) electrons. The predicted molar refractivity (Wildman–Crippen MR) is 86.6 cm³/mol. The van der Waals surface area contributed by atoms with Gasteiger partial charge in [0.05, 0.1) is 11.0 Å². The zero-order chi connectivity index (χ0) is 14.8. The first-order valence-corrected chi connectivity index (χ1v) is 8.38. The number of ketones is 1. The van der Waals surface area contributed by atoms with Gasteiger partial charge in [-0.15, -0.1) is 11.3 Å². The van der Waals surface area contributed by atoms with Crippen LogP contribution in [-0.2, 0) is 12.8 Å². The van der Waals surface area contributed by atoms with Crippen LogP contribution in [0.25, 0.3) is 0 Å². The van der Waals surface area contributed by atoms with Gasteiger partial charge in [-0.25, -0.2) is 0 Å². The van der Waals surface area contributed by atoms with Crippen LogP contribution in [0, 0.1) is 0 Å². The molecule has 1 aromatic heterocycles. The van der Waals surface area contributed by atoms with E-state index in [1.54, 1.807) is 11.3 Å². The monoisotopic (exact) mass is 300 g/mol. The molecule has 21 heavy (non-hydrogen) atoms. The smallest absolute Gasteiger partial charge is 0.203 e. The van der Waals surface area contributed by atoms with E-state index in [-0.39, 0.29) is 11.9 Å². The Bertz CT molecular complexity index is 631. The van der Waals surface area contributed by atoms with Gasteiger partial charge >= 0.3 is 0 Å². The Morgan fingerprint density at radius 1 is 1.19 bits per heavy atom. The number of ether oxygens (including phenoxy) is 1. The minimum absolute atomic E-state index is 0.114. The molecule has 0 N–H and O–H groups in total. The van der Waals surface area contributed by atoms with E-state index in [2.05, 4.69) is 6.07 Å². The molecule has 1 heterocycles. The standard InChI is InChI=1S/C18H20O2S/c1-12(2)20-15-8-5-7-14(10-15)18(19)17-11-13-6-3-4-9-16(13)21-17/h5,7-8,10-12H,3-4,6,9H2,1-2H3. The van der Waals surface area contributed by atoms with Gasteiger partial charge in [-0.1, -0.05) is 12.1 Å². The van der Waals surface area contributed by atoms with E-state index in [0.29, 0.717) is 5.56 Å². The Labute approximate surface area is 129 Å². The molecule has 1 aliphatic carbocycles. The van der Waals surface area contributed by atoms with Gasteiger partial charge in [0.25, 0.3) is 0 Å². The molecule has 2 aromatic rings. The van der Waals surface area contributed by atoms with E-state index in [1.165, 1.54) is 23.3 Å². The molecule has 0 saturated carbocycles. The van der Waals surface area contributed by atoms with Gasteiger partial charge in [-0.3, -0.25) is 4.79 Å². The maximum absolute atomic E-state index is 12.7. The lowest BCUT2D eigenvalue weighted by atomic mass is 9.98. The molecule has 0 atom stereocenters. The average molecular weight is 300 g/mol. The second-order valence-corrected chi connectivity index (χ2v) is 6.93. The van der Waals surface area contributed by atoms with Crippen molar-refractivity contribution in [1.82, 2.24) is 0 Å². The second-order valence-electron chi connectivity index (χ2n) is 5.79. The van der Waals surface area contributed by atoms with Crippen molar-refractivity contribution in [1.29, 1.82) is 0 Å². The first kappa shape index (κ1) is 14.3. The number of benzene rings is 1. The highest BCUT2D eigenvalue weighted by molar-refractivity contribution is 7.14. The summed E-state index contributed by atoms with van der Waals surface area (Å²) in [5, 5.41) is 0. The summed E-state index contributed by atoms with van der Waals surface area (Å²) < 4.78 is 5.67. The van der Waals surface area contributed by atoms with Gasteiger partial charge in [0, 0.05) is 10.4 Å². The molecule has 0 amide bonds. The fourth-order valence-corrected chi connectivity index (χ4v) is 3.94. The van der Waals surface area contributed by atoms with Crippen molar-refractivity contribution in [3.63, 3.8) is 0 Å². The largest absolute Gasteiger partial charge is 0.491 e. The first-order valence-electron chi connectivity index (χ1n) is 7.56. The van der Waals surface area contributed by atoms with E-state index in [0.717, 1.165) is 23.5 Å².